The van der Waals surface area contributed by atoms with E-state index in [1.807, 2.05) is 12.1 Å². The molecule has 0 atom stereocenters. The molecule has 0 bridgehead atoms. The van der Waals surface area contributed by atoms with Crippen LogP contribution in [0.15, 0.2) is 97.1 Å². The molecule has 0 unspecified atom stereocenters. The molecular formula is C28H18N2. The van der Waals surface area contributed by atoms with Gasteiger partial charge in [-0.05, 0) is 40.6 Å². The van der Waals surface area contributed by atoms with Gasteiger partial charge in [-0.25, -0.2) is 0 Å². The smallest absolute Gasteiger partial charge is 0.0620 e. The normalized spacial score (nSPS) is 12.1. The Labute approximate surface area is 173 Å². The van der Waals surface area contributed by atoms with Gasteiger partial charge in [0.05, 0.1) is 16.6 Å². The highest BCUT2D eigenvalue weighted by Crippen LogP contribution is 2.42. The molecule has 7 aromatic rings. The number of hydrogen-bond acceptors (Lipinski definition) is 1. The Hall–Kier alpha value is -4.04. The lowest BCUT2D eigenvalue weighted by Crippen LogP contribution is -1.92. The fraction of sp³-hybridized carbons (Fsp3) is 0. The van der Waals surface area contributed by atoms with Crippen molar-refractivity contribution in [3.63, 3.8) is 0 Å². The molecular weight excluding hydrogens is 364 g/mol. The van der Waals surface area contributed by atoms with Crippen molar-refractivity contribution in [1.29, 1.82) is 0 Å². The molecule has 2 nitrogen and oxygen atoms in total. The van der Waals surface area contributed by atoms with Crippen molar-refractivity contribution in [3.05, 3.63) is 97.1 Å². The van der Waals surface area contributed by atoms with Gasteiger partial charge in [-0.15, -0.1) is 0 Å². The molecule has 0 amide bonds. The fourth-order valence-corrected chi connectivity index (χ4v) is 5.19. The first-order valence-electron chi connectivity index (χ1n) is 10.3. The highest BCUT2D eigenvalue weighted by atomic mass is 14.9. The number of benzene rings is 5. The van der Waals surface area contributed by atoms with Crippen LogP contribution in [0.2, 0.25) is 0 Å². The van der Waals surface area contributed by atoms with E-state index in [9.17, 15) is 0 Å². The van der Waals surface area contributed by atoms with Crippen LogP contribution in [0.3, 0.4) is 0 Å². The minimum absolute atomic E-state index is 0.815. The van der Waals surface area contributed by atoms with Gasteiger partial charge in [0.15, 0.2) is 0 Å². The third-order valence-corrected chi connectivity index (χ3v) is 6.46. The molecule has 0 saturated carbocycles. The molecule has 0 aliphatic carbocycles. The Morgan fingerprint density at radius 1 is 0.533 bits per heavy atom. The number of nitrogens with two attached hydrogens (primary N) is 1. The summed E-state index contributed by atoms with van der Waals surface area (Å²) in [6.45, 7) is 0. The van der Waals surface area contributed by atoms with Crippen molar-refractivity contribution >= 4 is 54.6 Å². The van der Waals surface area contributed by atoms with Crippen LogP contribution in [0.4, 0.5) is 5.69 Å². The van der Waals surface area contributed by atoms with Crippen LogP contribution in [-0.2, 0) is 0 Å². The average Bonchev–Trinajstić information content (AvgIpc) is 3.30. The number of fused-ring (bicyclic) bond motifs is 7. The van der Waals surface area contributed by atoms with E-state index in [1.165, 1.54) is 48.9 Å². The van der Waals surface area contributed by atoms with Crippen LogP contribution in [0.5, 0.6) is 0 Å². The lowest BCUT2D eigenvalue weighted by atomic mass is 9.95. The molecule has 0 spiro atoms. The number of nitrogens with zero attached hydrogens (tertiary/aromatic N) is 1. The second kappa shape index (κ2) is 5.52. The number of para-hydroxylation sites is 2. The zero-order chi connectivity index (χ0) is 19.8. The molecule has 0 aliphatic heterocycles. The predicted molar refractivity (Wildman–Crippen MR) is 128 cm³/mol. The predicted octanol–water partition coefficient (Wildman–Crippen LogP) is 7.24. The largest absolute Gasteiger partial charge is 0.398 e. The fourth-order valence-electron chi connectivity index (χ4n) is 5.19. The molecule has 140 valence electrons. The van der Waals surface area contributed by atoms with Gasteiger partial charge in [0.1, 0.15) is 0 Å². The molecule has 2 heteroatoms. The van der Waals surface area contributed by atoms with Crippen molar-refractivity contribution in [1.82, 2.24) is 4.40 Å². The van der Waals surface area contributed by atoms with E-state index in [-0.39, 0.29) is 0 Å². The first-order chi connectivity index (χ1) is 14.8. The number of anilines is 1. The maximum atomic E-state index is 6.47. The van der Waals surface area contributed by atoms with Crippen LogP contribution in [0.25, 0.3) is 60.0 Å². The third-order valence-electron chi connectivity index (χ3n) is 6.46. The summed E-state index contributed by atoms with van der Waals surface area (Å²) in [4.78, 5) is 0. The Morgan fingerprint density at radius 3 is 2.13 bits per heavy atom. The van der Waals surface area contributed by atoms with Crippen molar-refractivity contribution < 1.29 is 0 Å². The van der Waals surface area contributed by atoms with Crippen molar-refractivity contribution in [2.24, 2.45) is 0 Å². The minimum atomic E-state index is 0.815. The summed E-state index contributed by atoms with van der Waals surface area (Å²) in [5, 5.41) is 7.60. The second-order valence-corrected chi connectivity index (χ2v) is 8.04. The number of rotatable bonds is 1. The molecule has 0 fully saturated rings. The molecule has 30 heavy (non-hydrogen) atoms. The molecule has 7 rings (SSSR count). The summed E-state index contributed by atoms with van der Waals surface area (Å²) >= 11 is 0. The van der Waals surface area contributed by atoms with Gasteiger partial charge in [0.2, 0.25) is 0 Å². The van der Waals surface area contributed by atoms with E-state index in [0.717, 1.165) is 16.8 Å². The molecule has 2 aromatic heterocycles. The van der Waals surface area contributed by atoms with Crippen LogP contribution in [0.1, 0.15) is 0 Å². The van der Waals surface area contributed by atoms with E-state index >= 15 is 0 Å². The van der Waals surface area contributed by atoms with Crippen LogP contribution in [0, 0.1) is 0 Å². The Bertz CT molecular complexity index is 1740. The van der Waals surface area contributed by atoms with Gasteiger partial charge in [-0.1, -0.05) is 72.8 Å². The van der Waals surface area contributed by atoms with E-state index < -0.39 is 0 Å². The zero-order valence-electron chi connectivity index (χ0n) is 16.3. The third kappa shape index (κ3) is 1.88. The second-order valence-electron chi connectivity index (χ2n) is 8.04. The summed E-state index contributed by atoms with van der Waals surface area (Å²) in [5.41, 5.74) is 13.4. The lowest BCUT2D eigenvalue weighted by molar-refractivity contribution is 1.37. The minimum Gasteiger partial charge on any atom is -0.398 e. The lowest BCUT2D eigenvalue weighted by Gasteiger charge is -2.11. The quantitative estimate of drug-likeness (QED) is 0.298. The summed E-state index contributed by atoms with van der Waals surface area (Å²) < 4.78 is 2.42. The summed E-state index contributed by atoms with van der Waals surface area (Å²) in [5.74, 6) is 0. The average molecular weight is 382 g/mol. The number of aromatic nitrogens is 1. The zero-order valence-corrected chi connectivity index (χ0v) is 16.3. The highest BCUT2D eigenvalue weighted by molar-refractivity contribution is 6.25. The molecule has 5 aromatic carbocycles. The first-order valence-corrected chi connectivity index (χ1v) is 10.3. The van der Waals surface area contributed by atoms with Gasteiger partial charge >= 0.3 is 0 Å². The van der Waals surface area contributed by atoms with E-state index in [1.54, 1.807) is 0 Å². The van der Waals surface area contributed by atoms with Crippen LogP contribution >= 0.6 is 0 Å². The van der Waals surface area contributed by atoms with Crippen LogP contribution < -0.4 is 5.73 Å². The van der Waals surface area contributed by atoms with Crippen molar-refractivity contribution in [2.45, 2.75) is 0 Å². The van der Waals surface area contributed by atoms with Crippen molar-refractivity contribution in [3.8, 4) is 11.1 Å². The maximum absolute atomic E-state index is 6.47. The van der Waals surface area contributed by atoms with E-state index in [0.29, 0.717) is 0 Å². The molecule has 0 saturated heterocycles. The molecule has 0 radical (unpaired) electrons. The summed E-state index contributed by atoms with van der Waals surface area (Å²) in [6, 6.07) is 34.6. The summed E-state index contributed by atoms with van der Waals surface area (Å²) in [6.07, 6.45) is 0. The highest BCUT2D eigenvalue weighted by Gasteiger charge is 2.18. The van der Waals surface area contributed by atoms with Gasteiger partial charge < -0.3 is 10.1 Å². The van der Waals surface area contributed by atoms with E-state index in [4.69, 9.17) is 5.73 Å². The van der Waals surface area contributed by atoms with Gasteiger partial charge in [0.25, 0.3) is 0 Å². The molecule has 0 aliphatic rings. The Kier molecular flexibility index (Phi) is 2.91. The Balaban J connectivity index is 1.72. The SMILES string of the molecule is Nc1ccc2cc3c(cc2c1-c1ccccc1)c1cccc2c4ccccc4n3c21. The maximum Gasteiger partial charge on any atom is 0.0620 e. The number of nitrogen functional groups attached to an aromatic ring is 1. The van der Waals surface area contributed by atoms with E-state index in [2.05, 4.69) is 89.3 Å². The van der Waals surface area contributed by atoms with Gasteiger partial charge in [-0.2, -0.15) is 0 Å². The molecule has 2 heterocycles. The first kappa shape index (κ1) is 15.8. The monoisotopic (exact) mass is 382 g/mol. The summed E-state index contributed by atoms with van der Waals surface area (Å²) in [7, 11) is 0. The Morgan fingerprint density at radius 2 is 1.27 bits per heavy atom. The van der Waals surface area contributed by atoms with Gasteiger partial charge in [0, 0.05) is 32.8 Å². The standard InChI is InChI=1S/C28H18N2/c29-24-14-13-18-15-26-23(16-22(18)27(24)17-7-2-1-3-8-17)21-11-6-10-20-19-9-4-5-12-25(19)30(26)28(20)21/h1-16H,29H2. The van der Waals surface area contributed by atoms with Gasteiger partial charge in [-0.3, -0.25) is 0 Å². The number of hydrogen-bond donors (Lipinski definition) is 1. The topological polar surface area (TPSA) is 30.4 Å². The van der Waals surface area contributed by atoms with Crippen molar-refractivity contribution in [2.75, 3.05) is 5.73 Å². The molecule has 2 N–H and O–H groups in total. The van der Waals surface area contributed by atoms with Crippen LogP contribution in [-0.4, -0.2) is 4.40 Å².